The first-order valence-corrected chi connectivity index (χ1v) is 4.82. The summed E-state index contributed by atoms with van der Waals surface area (Å²) in [5.41, 5.74) is 1.05. The quantitative estimate of drug-likeness (QED) is 0.650. The van der Waals surface area contributed by atoms with Crippen LogP contribution in [0.4, 0.5) is 11.5 Å². The highest BCUT2D eigenvalue weighted by Gasteiger charge is 2.21. The Morgan fingerprint density at radius 1 is 1.07 bits per heavy atom. The largest absolute Gasteiger partial charge is 0.451 e. The molecule has 0 fully saturated rings. The van der Waals surface area contributed by atoms with E-state index in [0.717, 1.165) is 23.0 Å². The Hall–Kier alpha value is -2.03. The van der Waals surface area contributed by atoms with Crippen molar-refractivity contribution in [3.8, 4) is 11.5 Å². The van der Waals surface area contributed by atoms with Crippen molar-refractivity contribution in [2.75, 3.05) is 11.9 Å². The normalized spacial score (nSPS) is 12.7. The van der Waals surface area contributed by atoms with Crippen LogP contribution in [0.15, 0.2) is 42.6 Å². The number of anilines is 2. The molecule has 0 radical (unpaired) electrons. The van der Waals surface area contributed by atoms with Gasteiger partial charge in [0, 0.05) is 13.2 Å². The van der Waals surface area contributed by atoms with Crippen molar-refractivity contribution in [2.45, 2.75) is 0 Å². The number of para-hydroxylation sites is 2. The second-order valence-corrected chi connectivity index (χ2v) is 3.45. The van der Waals surface area contributed by atoms with Crippen LogP contribution >= 0.6 is 0 Å². The van der Waals surface area contributed by atoms with Crippen LogP contribution in [-0.2, 0) is 0 Å². The van der Waals surface area contributed by atoms with Gasteiger partial charge in [0.1, 0.15) is 0 Å². The molecule has 1 aromatic carbocycles. The van der Waals surface area contributed by atoms with Gasteiger partial charge in [0.05, 0.1) is 5.69 Å². The van der Waals surface area contributed by atoms with Gasteiger partial charge in [-0.3, -0.25) is 0 Å². The van der Waals surface area contributed by atoms with E-state index in [4.69, 9.17) is 4.74 Å². The van der Waals surface area contributed by atoms with Crippen LogP contribution in [0.3, 0.4) is 0 Å². The third-order valence-corrected chi connectivity index (χ3v) is 2.52. The van der Waals surface area contributed by atoms with E-state index in [1.165, 1.54) is 0 Å². The molecule has 0 saturated heterocycles. The van der Waals surface area contributed by atoms with E-state index in [0.29, 0.717) is 0 Å². The SMILES string of the molecule is CN1c2ccccc2Oc2cccnc21. The number of ether oxygens (including phenoxy) is 1. The van der Waals surface area contributed by atoms with Gasteiger partial charge in [-0.05, 0) is 24.3 Å². The molecule has 1 aromatic heterocycles. The molecule has 0 N–H and O–H groups in total. The summed E-state index contributed by atoms with van der Waals surface area (Å²) in [5.74, 6) is 2.54. The molecule has 2 heterocycles. The van der Waals surface area contributed by atoms with Crippen LogP contribution in [0.5, 0.6) is 11.5 Å². The van der Waals surface area contributed by atoms with Gasteiger partial charge in [-0.15, -0.1) is 0 Å². The van der Waals surface area contributed by atoms with Gasteiger partial charge in [0.25, 0.3) is 0 Å². The summed E-state index contributed by atoms with van der Waals surface area (Å²) in [5, 5.41) is 0. The molecule has 3 rings (SSSR count). The molecular formula is C12H10N2O. The minimum atomic E-state index is 0.804. The van der Waals surface area contributed by atoms with Gasteiger partial charge >= 0.3 is 0 Å². The van der Waals surface area contributed by atoms with Crippen molar-refractivity contribution in [1.29, 1.82) is 0 Å². The number of nitrogens with zero attached hydrogens (tertiary/aromatic N) is 2. The maximum Gasteiger partial charge on any atom is 0.176 e. The summed E-state index contributed by atoms with van der Waals surface area (Å²) in [6.07, 6.45) is 1.77. The number of hydrogen-bond acceptors (Lipinski definition) is 3. The molecule has 3 heteroatoms. The molecule has 1 aliphatic rings. The smallest absolute Gasteiger partial charge is 0.176 e. The van der Waals surface area contributed by atoms with Crippen LogP contribution in [-0.4, -0.2) is 12.0 Å². The Morgan fingerprint density at radius 2 is 1.87 bits per heavy atom. The summed E-state index contributed by atoms with van der Waals surface area (Å²) in [6, 6.07) is 11.7. The molecule has 1 aliphatic heterocycles. The molecule has 2 aromatic rings. The van der Waals surface area contributed by atoms with Crippen molar-refractivity contribution >= 4 is 11.5 Å². The molecule has 0 bridgehead atoms. The first kappa shape index (κ1) is 8.29. The van der Waals surface area contributed by atoms with E-state index < -0.39 is 0 Å². The molecule has 3 nitrogen and oxygen atoms in total. The maximum absolute atomic E-state index is 5.74. The predicted molar refractivity (Wildman–Crippen MR) is 58.8 cm³/mol. The van der Waals surface area contributed by atoms with Crippen molar-refractivity contribution in [3.63, 3.8) is 0 Å². The number of benzene rings is 1. The fraction of sp³-hybridized carbons (Fsp3) is 0.0833. The summed E-state index contributed by atoms with van der Waals surface area (Å²) >= 11 is 0. The average molecular weight is 198 g/mol. The Morgan fingerprint density at radius 3 is 2.80 bits per heavy atom. The average Bonchev–Trinajstić information content (AvgIpc) is 2.30. The van der Waals surface area contributed by atoms with Crippen molar-refractivity contribution in [3.05, 3.63) is 42.6 Å². The Balaban J connectivity index is 2.20. The number of hydrogen-bond donors (Lipinski definition) is 0. The van der Waals surface area contributed by atoms with E-state index in [-0.39, 0.29) is 0 Å². The molecule has 0 amide bonds. The van der Waals surface area contributed by atoms with Gasteiger partial charge in [0.15, 0.2) is 17.3 Å². The van der Waals surface area contributed by atoms with E-state index in [9.17, 15) is 0 Å². The monoisotopic (exact) mass is 198 g/mol. The lowest BCUT2D eigenvalue weighted by Gasteiger charge is -2.27. The highest BCUT2D eigenvalue weighted by molar-refractivity contribution is 5.74. The number of fused-ring (bicyclic) bond motifs is 2. The molecule has 0 aliphatic carbocycles. The second kappa shape index (κ2) is 2.98. The fourth-order valence-corrected chi connectivity index (χ4v) is 1.77. The van der Waals surface area contributed by atoms with Crippen LogP contribution in [0.25, 0.3) is 0 Å². The molecule has 15 heavy (non-hydrogen) atoms. The zero-order valence-corrected chi connectivity index (χ0v) is 8.34. The van der Waals surface area contributed by atoms with E-state index in [2.05, 4.69) is 4.98 Å². The standard InChI is InChI=1S/C12H10N2O/c1-14-9-5-2-3-6-10(9)15-11-7-4-8-13-12(11)14/h2-8H,1H3. The Labute approximate surface area is 87.9 Å². The van der Waals surface area contributed by atoms with E-state index >= 15 is 0 Å². The molecule has 0 saturated carbocycles. The third kappa shape index (κ3) is 1.16. The Kier molecular flexibility index (Phi) is 1.65. The minimum Gasteiger partial charge on any atom is -0.451 e. The number of rotatable bonds is 0. The third-order valence-electron chi connectivity index (χ3n) is 2.52. The van der Waals surface area contributed by atoms with Crippen LogP contribution in [0, 0.1) is 0 Å². The van der Waals surface area contributed by atoms with Crippen molar-refractivity contribution in [1.82, 2.24) is 4.98 Å². The first-order chi connectivity index (χ1) is 7.36. The number of aromatic nitrogens is 1. The second-order valence-electron chi connectivity index (χ2n) is 3.45. The maximum atomic E-state index is 5.74. The summed E-state index contributed by atoms with van der Waals surface area (Å²) in [4.78, 5) is 6.34. The number of pyridine rings is 1. The molecule has 0 unspecified atom stereocenters. The van der Waals surface area contributed by atoms with Crippen LogP contribution < -0.4 is 9.64 Å². The predicted octanol–water partition coefficient (Wildman–Crippen LogP) is 2.96. The molecule has 0 spiro atoms. The molecule has 74 valence electrons. The summed E-state index contributed by atoms with van der Waals surface area (Å²) in [6.45, 7) is 0. The van der Waals surface area contributed by atoms with Crippen LogP contribution in [0.1, 0.15) is 0 Å². The highest BCUT2D eigenvalue weighted by atomic mass is 16.5. The summed E-state index contributed by atoms with van der Waals surface area (Å²) in [7, 11) is 1.99. The topological polar surface area (TPSA) is 25.4 Å². The van der Waals surface area contributed by atoms with Gasteiger partial charge in [-0.2, -0.15) is 0 Å². The van der Waals surface area contributed by atoms with Gasteiger partial charge in [-0.1, -0.05) is 12.1 Å². The lowest BCUT2D eigenvalue weighted by atomic mass is 10.2. The zero-order chi connectivity index (χ0) is 10.3. The van der Waals surface area contributed by atoms with Crippen LogP contribution in [0.2, 0.25) is 0 Å². The lowest BCUT2D eigenvalue weighted by molar-refractivity contribution is 0.472. The zero-order valence-electron chi connectivity index (χ0n) is 8.34. The first-order valence-electron chi connectivity index (χ1n) is 4.82. The molecule has 0 atom stereocenters. The minimum absolute atomic E-state index is 0.804. The fourth-order valence-electron chi connectivity index (χ4n) is 1.77. The Bertz CT molecular complexity index is 465. The van der Waals surface area contributed by atoms with Crippen molar-refractivity contribution in [2.24, 2.45) is 0 Å². The van der Waals surface area contributed by atoms with Gasteiger partial charge in [0.2, 0.25) is 0 Å². The van der Waals surface area contributed by atoms with E-state index in [1.54, 1.807) is 6.20 Å². The summed E-state index contributed by atoms with van der Waals surface area (Å²) < 4.78 is 5.74. The van der Waals surface area contributed by atoms with E-state index in [1.807, 2.05) is 48.3 Å². The van der Waals surface area contributed by atoms with Crippen molar-refractivity contribution < 1.29 is 4.74 Å². The van der Waals surface area contributed by atoms with Gasteiger partial charge < -0.3 is 9.64 Å². The lowest BCUT2D eigenvalue weighted by Crippen LogP contribution is -2.16. The van der Waals surface area contributed by atoms with Gasteiger partial charge in [-0.25, -0.2) is 4.98 Å². The molecular weight excluding hydrogens is 188 g/mol. The highest BCUT2D eigenvalue weighted by Crippen LogP contribution is 2.43.